The van der Waals surface area contributed by atoms with Gasteiger partial charge in [0.2, 0.25) is 17.7 Å². The van der Waals surface area contributed by atoms with Crippen LogP contribution >= 0.6 is 0 Å². The summed E-state index contributed by atoms with van der Waals surface area (Å²) in [7, 11) is 2.51. The molecule has 3 aliphatic rings. The van der Waals surface area contributed by atoms with Crippen LogP contribution in [-0.2, 0) is 43.0 Å². The third-order valence-electron chi connectivity index (χ3n) is 12.3. The Morgan fingerprint density at radius 3 is 2.11 bits per heavy atom. The molecule has 1 aliphatic heterocycles. The largest absolute Gasteiger partial charge is 0.478 e. The molecular weight excluding hydrogens is 789 g/mol. The fourth-order valence-corrected chi connectivity index (χ4v) is 8.89. The lowest BCUT2D eigenvalue weighted by Gasteiger charge is -2.37. The Labute approximate surface area is 357 Å². The number of likely N-dealkylation sites (tertiary alicyclic amines) is 1. The Morgan fingerprint density at radius 1 is 0.885 bits per heavy atom. The number of aromatic nitrogens is 1. The lowest BCUT2D eigenvalue weighted by Crippen LogP contribution is -2.59. The SMILES string of the molecule is COC(=O)/C=C/CC[C@H](CC(=O)c1cnccc1C(=O)O)C(=O)N[C@H](C(=O)N1CC(=O)C[C@H]1C(=O)N[C@H](C(=O)C[C@H](C(=O)OC)C1CCCCC1)C1CCCCC1)C(C)(C)C. The van der Waals surface area contributed by atoms with E-state index in [1.807, 2.05) is 0 Å². The molecule has 3 fully saturated rings. The minimum Gasteiger partial charge on any atom is -0.478 e. The van der Waals surface area contributed by atoms with Crippen molar-refractivity contribution in [1.29, 1.82) is 0 Å². The molecule has 2 saturated carbocycles. The van der Waals surface area contributed by atoms with Gasteiger partial charge in [-0.3, -0.25) is 38.5 Å². The van der Waals surface area contributed by atoms with Crippen LogP contribution < -0.4 is 10.6 Å². The van der Waals surface area contributed by atoms with Crippen molar-refractivity contribution in [1.82, 2.24) is 20.5 Å². The standard InChI is InChI=1S/C45H62N4O12/c1-45(2,3)39(48-40(54)29(18-12-13-19-37(53)60-4)22-35(51)33-25-46-21-20-31(33)43(57)58)42(56)49-26-30(50)23-34(49)41(55)47-38(28-16-10-7-11-17-28)36(52)24-32(44(59)61-5)27-14-8-6-9-15-27/h13,19-21,25,27-29,32,34,38-39H,6-12,14-18,22-24,26H2,1-5H3,(H,47,55)(H,48,54)(H,57,58)/b19-13+/t29-,32+,34+,38+,39-/m1/s1. The number of ether oxygens (including phenoxy) is 2. The molecule has 1 aromatic heterocycles. The third-order valence-corrected chi connectivity index (χ3v) is 12.3. The molecule has 334 valence electrons. The maximum atomic E-state index is 14.5. The van der Waals surface area contributed by atoms with Crippen molar-refractivity contribution >= 4 is 53.0 Å². The van der Waals surface area contributed by atoms with Crippen LogP contribution in [0.2, 0.25) is 0 Å². The van der Waals surface area contributed by atoms with Crippen LogP contribution in [0.4, 0.5) is 0 Å². The van der Waals surface area contributed by atoms with Crippen molar-refractivity contribution in [2.45, 2.75) is 135 Å². The number of amides is 3. The van der Waals surface area contributed by atoms with E-state index < -0.39 is 89.8 Å². The van der Waals surface area contributed by atoms with Crippen LogP contribution in [0.15, 0.2) is 30.6 Å². The summed E-state index contributed by atoms with van der Waals surface area (Å²) in [5, 5.41) is 15.4. The van der Waals surface area contributed by atoms with Gasteiger partial charge in [0, 0.05) is 43.7 Å². The predicted molar refractivity (Wildman–Crippen MR) is 221 cm³/mol. The second kappa shape index (κ2) is 22.5. The summed E-state index contributed by atoms with van der Waals surface area (Å²) in [4.78, 5) is 125. The van der Waals surface area contributed by atoms with Crippen molar-refractivity contribution in [2.75, 3.05) is 20.8 Å². The molecule has 5 atom stereocenters. The van der Waals surface area contributed by atoms with Crippen molar-refractivity contribution in [2.24, 2.45) is 29.1 Å². The fourth-order valence-electron chi connectivity index (χ4n) is 8.89. The zero-order valence-electron chi connectivity index (χ0n) is 36.1. The maximum absolute atomic E-state index is 14.5. The van der Waals surface area contributed by atoms with Gasteiger partial charge in [-0.25, -0.2) is 9.59 Å². The molecule has 1 saturated heterocycles. The van der Waals surface area contributed by atoms with Crippen LogP contribution in [0.1, 0.15) is 138 Å². The smallest absolute Gasteiger partial charge is 0.336 e. The molecule has 16 nitrogen and oxygen atoms in total. The number of esters is 2. The summed E-state index contributed by atoms with van der Waals surface area (Å²) in [5.74, 6) is -7.87. The van der Waals surface area contributed by atoms with E-state index in [9.17, 15) is 48.3 Å². The molecule has 2 heterocycles. The average molecular weight is 851 g/mol. The Kier molecular flexibility index (Phi) is 17.9. The topological polar surface area (TPSA) is 233 Å². The van der Waals surface area contributed by atoms with Crippen LogP contribution in [0.25, 0.3) is 0 Å². The van der Waals surface area contributed by atoms with Gasteiger partial charge in [-0.15, -0.1) is 0 Å². The number of Topliss-reactive ketones (excluding diaryl/α,β-unsaturated/α-hetero) is 3. The minimum atomic E-state index is -1.36. The highest BCUT2D eigenvalue weighted by Crippen LogP contribution is 2.35. The summed E-state index contributed by atoms with van der Waals surface area (Å²) < 4.78 is 9.76. The van der Waals surface area contributed by atoms with Gasteiger partial charge in [0.15, 0.2) is 17.3 Å². The normalized spacial score (nSPS) is 19.7. The van der Waals surface area contributed by atoms with E-state index in [4.69, 9.17) is 4.74 Å². The number of aromatic carboxylic acids is 1. The van der Waals surface area contributed by atoms with Gasteiger partial charge in [-0.1, -0.05) is 65.4 Å². The summed E-state index contributed by atoms with van der Waals surface area (Å²) in [6, 6.07) is -2.35. The molecular formula is C45H62N4O12. The summed E-state index contributed by atoms with van der Waals surface area (Å²) >= 11 is 0. The first kappa shape index (κ1) is 48.4. The first-order valence-electron chi connectivity index (χ1n) is 21.4. The number of ketones is 3. The Balaban J connectivity index is 1.58. The molecule has 4 rings (SSSR count). The van der Waals surface area contributed by atoms with Gasteiger partial charge in [0.25, 0.3) is 0 Å². The van der Waals surface area contributed by atoms with Crippen LogP contribution in [0, 0.1) is 29.1 Å². The van der Waals surface area contributed by atoms with Crippen LogP contribution in [0.5, 0.6) is 0 Å². The number of carbonyl (C=O) groups is 9. The highest BCUT2D eigenvalue weighted by Gasteiger charge is 2.46. The first-order chi connectivity index (χ1) is 29.0. The van der Waals surface area contributed by atoms with Crippen molar-refractivity contribution in [3.05, 3.63) is 41.7 Å². The van der Waals surface area contributed by atoms with Crippen molar-refractivity contribution < 1.29 is 57.7 Å². The number of pyridine rings is 1. The molecule has 2 aliphatic carbocycles. The number of nitrogens with zero attached hydrogens (tertiary/aromatic N) is 2. The number of hydrogen-bond acceptors (Lipinski definition) is 12. The predicted octanol–water partition coefficient (Wildman–Crippen LogP) is 4.57. The van der Waals surface area contributed by atoms with E-state index in [0.29, 0.717) is 12.8 Å². The van der Waals surface area contributed by atoms with E-state index in [-0.39, 0.29) is 60.2 Å². The lowest BCUT2D eigenvalue weighted by molar-refractivity contribution is -0.150. The van der Waals surface area contributed by atoms with E-state index in [0.717, 1.165) is 68.5 Å². The number of carbonyl (C=O) groups excluding carboxylic acids is 8. The van der Waals surface area contributed by atoms with E-state index in [1.165, 1.54) is 32.6 Å². The summed E-state index contributed by atoms with van der Waals surface area (Å²) in [5.41, 5.74) is -1.48. The number of allylic oxidation sites excluding steroid dienone is 1. The van der Waals surface area contributed by atoms with Crippen LogP contribution in [0.3, 0.4) is 0 Å². The maximum Gasteiger partial charge on any atom is 0.336 e. The number of hydrogen-bond donors (Lipinski definition) is 3. The number of carboxylic acid groups (broad SMARTS) is 1. The van der Waals surface area contributed by atoms with E-state index in [2.05, 4.69) is 20.4 Å². The second-order valence-corrected chi connectivity index (χ2v) is 17.7. The molecule has 0 aromatic carbocycles. The Bertz CT molecular complexity index is 1820. The molecule has 0 spiro atoms. The zero-order chi connectivity index (χ0) is 44.9. The second-order valence-electron chi connectivity index (χ2n) is 17.7. The summed E-state index contributed by atoms with van der Waals surface area (Å²) in [6.45, 7) is 4.67. The molecule has 0 unspecified atom stereocenters. The number of carboxylic acids is 1. The zero-order valence-corrected chi connectivity index (χ0v) is 36.1. The van der Waals surface area contributed by atoms with Gasteiger partial charge in [0.05, 0.1) is 43.9 Å². The molecule has 3 N–H and O–H groups in total. The molecule has 61 heavy (non-hydrogen) atoms. The lowest BCUT2D eigenvalue weighted by atomic mass is 9.75. The van der Waals surface area contributed by atoms with Gasteiger partial charge in [-0.05, 0) is 61.8 Å². The number of rotatable bonds is 19. The van der Waals surface area contributed by atoms with E-state index in [1.54, 1.807) is 20.8 Å². The van der Waals surface area contributed by atoms with Gasteiger partial charge >= 0.3 is 17.9 Å². The average Bonchev–Trinajstić information content (AvgIpc) is 3.65. The molecule has 0 radical (unpaired) electrons. The fraction of sp³-hybridized carbons (Fsp3) is 0.644. The highest BCUT2D eigenvalue weighted by atomic mass is 16.5. The minimum absolute atomic E-state index is 0.00966. The Morgan fingerprint density at radius 2 is 1.52 bits per heavy atom. The molecule has 16 heteroatoms. The van der Waals surface area contributed by atoms with Gasteiger partial charge in [0.1, 0.15) is 12.1 Å². The first-order valence-corrected chi connectivity index (χ1v) is 21.4. The summed E-state index contributed by atoms with van der Waals surface area (Å²) in [6.07, 6.45) is 12.9. The highest BCUT2D eigenvalue weighted by molar-refractivity contribution is 6.07. The molecule has 3 amide bonds. The Hall–Kier alpha value is -5.28. The molecule has 1 aromatic rings. The molecule has 0 bridgehead atoms. The van der Waals surface area contributed by atoms with Crippen molar-refractivity contribution in [3.63, 3.8) is 0 Å². The third kappa shape index (κ3) is 13.4. The monoisotopic (exact) mass is 850 g/mol. The van der Waals surface area contributed by atoms with Crippen LogP contribution in [-0.4, -0.2) is 107 Å². The van der Waals surface area contributed by atoms with E-state index >= 15 is 0 Å². The van der Waals surface area contributed by atoms with Crippen molar-refractivity contribution in [3.8, 4) is 0 Å². The van der Waals surface area contributed by atoms with Gasteiger partial charge in [-0.2, -0.15) is 0 Å². The number of methoxy groups -OCH3 is 2. The number of nitrogens with one attached hydrogen (secondary N) is 2. The quantitative estimate of drug-likeness (QED) is 0.0985. The van der Waals surface area contributed by atoms with Gasteiger partial charge < -0.3 is 30.1 Å².